The van der Waals surface area contributed by atoms with Crippen molar-refractivity contribution in [3.8, 4) is 0 Å². The van der Waals surface area contributed by atoms with Gasteiger partial charge in [0.1, 0.15) is 12.6 Å². The number of rotatable bonds is 11. The molecule has 0 saturated heterocycles. The predicted molar refractivity (Wildman–Crippen MR) is 77.8 cm³/mol. The van der Waals surface area contributed by atoms with Gasteiger partial charge in [0.05, 0.1) is 13.2 Å². The molecular formula is C14H20N2O6. The Morgan fingerprint density at radius 2 is 1.95 bits per heavy atom. The van der Waals surface area contributed by atoms with E-state index < -0.39 is 17.1 Å². The smallest absolute Gasteiger partial charge is 0.320 e. The average molecular weight is 312 g/mol. The van der Waals surface area contributed by atoms with E-state index in [0.29, 0.717) is 25.9 Å². The number of nitrogens with zero attached hydrogens (tertiary/aromatic N) is 1. The molecule has 1 aromatic carbocycles. The maximum atomic E-state index is 10.7. The van der Waals surface area contributed by atoms with E-state index in [2.05, 4.69) is 4.84 Å². The summed E-state index contributed by atoms with van der Waals surface area (Å²) in [5.74, 6) is -0.999. The third kappa shape index (κ3) is 7.55. The van der Waals surface area contributed by atoms with Gasteiger partial charge in [0.2, 0.25) is 0 Å². The molecule has 1 aromatic rings. The second-order valence-corrected chi connectivity index (χ2v) is 4.72. The normalized spacial score (nSPS) is 11.9. The molecule has 0 heterocycles. The predicted octanol–water partition coefficient (Wildman–Crippen LogP) is 0.798. The average Bonchev–Trinajstić information content (AvgIpc) is 2.48. The Kier molecular flexibility index (Phi) is 7.87. The van der Waals surface area contributed by atoms with Crippen LogP contribution in [-0.2, 0) is 27.2 Å². The Hall–Kier alpha value is -2.19. The first kappa shape index (κ1) is 17.9. The monoisotopic (exact) mass is 312 g/mol. The zero-order chi connectivity index (χ0) is 16.4. The van der Waals surface area contributed by atoms with Crippen LogP contribution in [0.1, 0.15) is 17.5 Å². The Morgan fingerprint density at radius 1 is 1.27 bits per heavy atom. The number of carbonyl (C=O) groups is 1. The van der Waals surface area contributed by atoms with Gasteiger partial charge in [0.25, 0.3) is 5.09 Å². The van der Waals surface area contributed by atoms with Gasteiger partial charge in [-0.3, -0.25) is 4.79 Å². The highest BCUT2D eigenvalue weighted by Gasteiger charge is 2.10. The molecule has 0 bridgehead atoms. The lowest BCUT2D eigenvalue weighted by Crippen LogP contribution is -2.30. The van der Waals surface area contributed by atoms with Crippen molar-refractivity contribution in [2.75, 3.05) is 19.8 Å². The van der Waals surface area contributed by atoms with E-state index in [9.17, 15) is 14.9 Å². The number of ether oxygens (including phenoxy) is 1. The van der Waals surface area contributed by atoms with Crippen LogP contribution in [0.2, 0.25) is 0 Å². The van der Waals surface area contributed by atoms with Crippen LogP contribution >= 0.6 is 0 Å². The lowest BCUT2D eigenvalue weighted by atomic mass is 10.0. The second kappa shape index (κ2) is 9.69. The van der Waals surface area contributed by atoms with Gasteiger partial charge >= 0.3 is 5.97 Å². The van der Waals surface area contributed by atoms with Crippen LogP contribution in [0.25, 0.3) is 0 Å². The number of hydrogen-bond acceptors (Lipinski definition) is 6. The highest BCUT2D eigenvalue weighted by Crippen LogP contribution is 2.09. The van der Waals surface area contributed by atoms with E-state index in [0.717, 1.165) is 11.1 Å². The quantitative estimate of drug-likeness (QED) is 0.351. The van der Waals surface area contributed by atoms with E-state index in [-0.39, 0.29) is 13.2 Å². The molecule has 3 N–H and O–H groups in total. The third-order valence-corrected chi connectivity index (χ3v) is 3.01. The summed E-state index contributed by atoms with van der Waals surface area (Å²) in [5.41, 5.74) is 7.54. The number of aryl methyl sites for hydroxylation is 1. The van der Waals surface area contributed by atoms with E-state index in [1.54, 1.807) is 0 Å². The summed E-state index contributed by atoms with van der Waals surface area (Å²) in [7, 11) is 0. The first-order chi connectivity index (χ1) is 10.5. The minimum atomic E-state index is -0.999. The maximum Gasteiger partial charge on any atom is 0.320 e. The summed E-state index contributed by atoms with van der Waals surface area (Å²) in [6.45, 7) is 0.507. The zero-order valence-electron chi connectivity index (χ0n) is 12.1. The van der Waals surface area contributed by atoms with Crippen LogP contribution in [0, 0.1) is 10.1 Å². The Balaban J connectivity index is 2.28. The van der Waals surface area contributed by atoms with E-state index in [1.807, 2.05) is 24.3 Å². The maximum absolute atomic E-state index is 10.7. The molecule has 8 nitrogen and oxygen atoms in total. The summed E-state index contributed by atoms with van der Waals surface area (Å²) < 4.78 is 5.23. The van der Waals surface area contributed by atoms with Crippen LogP contribution in [0.5, 0.6) is 0 Å². The van der Waals surface area contributed by atoms with Gasteiger partial charge in [-0.2, -0.15) is 0 Å². The standard InChI is InChI=1S/C14H20N2O6/c15-13(14(17)18)5-4-11-2-1-3-12(10-11)6-7-21-8-9-22-16(19)20/h1-3,10,13H,4-9,15H2,(H,17,18)/t13-/m1/s1. The zero-order valence-corrected chi connectivity index (χ0v) is 12.1. The molecule has 22 heavy (non-hydrogen) atoms. The van der Waals surface area contributed by atoms with Crippen molar-refractivity contribution in [1.29, 1.82) is 0 Å². The van der Waals surface area contributed by atoms with Crippen LogP contribution in [0.4, 0.5) is 0 Å². The number of nitrogens with two attached hydrogens (primary N) is 1. The van der Waals surface area contributed by atoms with Crippen molar-refractivity contribution in [3.63, 3.8) is 0 Å². The molecule has 0 aliphatic rings. The lowest BCUT2D eigenvalue weighted by Gasteiger charge is -2.08. The molecule has 8 heteroatoms. The largest absolute Gasteiger partial charge is 0.480 e. The van der Waals surface area contributed by atoms with Gasteiger partial charge in [-0.05, 0) is 30.4 Å². The summed E-state index contributed by atoms with van der Waals surface area (Å²) in [6.07, 6.45) is 1.64. The molecule has 0 saturated carbocycles. The molecule has 0 radical (unpaired) electrons. The second-order valence-electron chi connectivity index (χ2n) is 4.72. The number of carboxylic acids is 1. The fraction of sp³-hybridized carbons (Fsp3) is 0.500. The molecule has 0 amide bonds. The van der Waals surface area contributed by atoms with Gasteiger partial charge in [-0.1, -0.05) is 24.3 Å². The molecule has 0 unspecified atom stereocenters. The van der Waals surface area contributed by atoms with Crippen molar-refractivity contribution in [3.05, 3.63) is 45.5 Å². The SMILES string of the molecule is N[C@H](CCc1cccc(CCOCCO[N+](=O)[O-])c1)C(=O)O. The molecular weight excluding hydrogens is 292 g/mol. The number of hydrogen-bond donors (Lipinski definition) is 2. The first-order valence-electron chi connectivity index (χ1n) is 6.90. The fourth-order valence-corrected chi connectivity index (χ4v) is 1.85. The van der Waals surface area contributed by atoms with Gasteiger partial charge in [0, 0.05) is 0 Å². The topological polar surface area (TPSA) is 125 Å². The summed E-state index contributed by atoms with van der Waals surface area (Å²) in [5, 5.41) is 17.8. The fourth-order valence-electron chi connectivity index (χ4n) is 1.85. The Bertz CT molecular complexity index is 494. The number of benzene rings is 1. The molecule has 1 rings (SSSR count). The Labute approximate surface area is 127 Å². The molecule has 0 aliphatic carbocycles. The first-order valence-corrected chi connectivity index (χ1v) is 6.90. The molecule has 0 aliphatic heterocycles. The van der Waals surface area contributed by atoms with Crippen LogP contribution < -0.4 is 5.73 Å². The summed E-state index contributed by atoms with van der Waals surface area (Å²) in [4.78, 5) is 24.7. The molecule has 1 atom stereocenters. The molecule has 0 spiro atoms. The summed E-state index contributed by atoms with van der Waals surface area (Å²) in [6, 6.07) is 6.88. The van der Waals surface area contributed by atoms with Gasteiger partial charge in [-0.15, -0.1) is 10.1 Å². The minimum Gasteiger partial charge on any atom is -0.480 e. The van der Waals surface area contributed by atoms with Crippen LogP contribution in [-0.4, -0.2) is 42.0 Å². The number of carboxylic acid groups (broad SMARTS) is 1. The molecule has 122 valence electrons. The lowest BCUT2D eigenvalue weighted by molar-refractivity contribution is -0.758. The van der Waals surface area contributed by atoms with Gasteiger partial charge < -0.3 is 20.4 Å². The van der Waals surface area contributed by atoms with Gasteiger partial charge in [0.15, 0.2) is 0 Å². The van der Waals surface area contributed by atoms with Crippen LogP contribution in [0.15, 0.2) is 24.3 Å². The van der Waals surface area contributed by atoms with Crippen molar-refractivity contribution < 1.29 is 24.6 Å². The highest BCUT2D eigenvalue weighted by atomic mass is 17.0. The van der Waals surface area contributed by atoms with Crippen molar-refractivity contribution >= 4 is 5.97 Å². The highest BCUT2D eigenvalue weighted by molar-refractivity contribution is 5.73. The number of aliphatic carboxylic acids is 1. The van der Waals surface area contributed by atoms with Crippen molar-refractivity contribution in [1.82, 2.24) is 0 Å². The van der Waals surface area contributed by atoms with Crippen molar-refractivity contribution in [2.24, 2.45) is 5.73 Å². The van der Waals surface area contributed by atoms with E-state index >= 15 is 0 Å². The molecule has 0 fully saturated rings. The van der Waals surface area contributed by atoms with E-state index in [4.69, 9.17) is 15.6 Å². The van der Waals surface area contributed by atoms with Gasteiger partial charge in [-0.25, -0.2) is 0 Å². The summed E-state index contributed by atoms with van der Waals surface area (Å²) >= 11 is 0. The van der Waals surface area contributed by atoms with Crippen LogP contribution in [0.3, 0.4) is 0 Å². The minimum absolute atomic E-state index is 0.0832. The molecule has 0 aromatic heterocycles. The van der Waals surface area contributed by atoms with E-state index in [1.165, 1.54) is 0 Å². The third-order valence-electron chi connectivity index (χ3n) is 3.01. The Morgan fingerprint density at radius 3 is 2.59 bits per heavy atom. The van der Waals surface area contributed by atoms with Crippen molar-refractivity contribution in [2.45, 2.75) is 25.3 Å².